The van der Waals surface area contributed by atoms with Gasteiger partial charge in [-0.3, -0.25) is 4.79 Å². The first-order valence-electron chi connectivity index (χ1n) is 4.93. The first kappa shape index (κ1) is 13.3. The number of hydrogen-bond donors (Lipinski definition) is 5. The highest BCUT2D eigenvalue weighted by Gasteiger charge is 2.46. The van der Waals surface area contributed by atoms with Gasteiger partial charge in [-0.1, -0.05) is 0 Å². The minimum Gasteiger partial charge on any atom is -0.481 e. The van der Waals surface area contributed by atoms with Gasteiger partial charge in [0.05, 0.1) is 18.6 Å². The number of rotatable bonds is 3. The second-order valence-corrected chi connectivity index (χ2v) is 3.92. The lowest BCUT2D eigenvalue weighted by atomic mass is 9.89. The van der Waals surface area contributed by atoms with Gasteiger partial charge in [0.15, 0.2) is 0 Å². The minimum atomic E-state index is -1.53. The molecule has 0 unspecified atom stereocenters. The van der Waals surface area contributed by atoms with E-state index in [1.54, 1.807) is 0 Å². The smallest absolute Gasteiger partial charge is 0.308 e. The molecule has 1 fully saturated rings. The van der Waals surface area contributed by atoms with E-state index < -0.39 is 49.0 Å². The molecule has 0 saturated carbocycles. The normalized spacial score (nSPS) is 41.7. The van der Waals surface area contributed by atoms with E-state index in [1.165, 1.54) is 6.92 Å². The lowest BCUT2D eigenvalue weighted by Gasteiger charge is -2.41. The van der Waals surface area contributed by atoms with E-state index in [-0.39, 0.29) is 0 Å². The van der Waals surface area contributed by atoms with E-state index in [2.05, 4.69) is 0 Å². The van der Waals surface area contributed by atoms with Crippen molar-refractivity contribution in [2.45, 2.75) is 37.4 Å². The molecule has 0 radical (unpaired) electrons. The van der Waals surface area contributed by atoms with Gasteiger partial charge in [0.2, 0.25) is 0 Å². The van der Waals surface area contributed by atoms with Gasteiger partial charge < -0.3 is 30.3 Å². The fourth-order valence-electron chi connectivity index (χ4n) is 1.68. The zero-order valence-electron chi connectivity index (χ0n) is 8.72. The Morgan fingerprint density at radius 3 is 2.25 bits per heavy atom. The van der Waals surface area contributed by atoms with Gasteiger partial charge in [0.1, 0.15) is 24.4 Å². The molecule has 1 aliphatic rings. The Balaban J connectivity index is 2.82. The lowest BCUT2D eigenvalue weighted by molar-refractivity contribution is -0.240. The van der Waals surface area contributed by atoms with Crippen molar-refractivity contribution in [2.24, 2.45) is 5.92 Å². The zero-order valence-corrected chi connectivity index (χ0v) is 8.72. The van der Waals surface area contributed by atoms with E-state index in [4.69, 9.17) is 14.9 Å². The quantitative estimate of drug-likeness (QED) is 0.368. The fourth-order valence-corrected chi connectivity index (χ4v) is 1.68. The highest BCUT2D eigenvalue weighted by molar-refractivity contribution is 5.70. The third-order valence-electron chi connectivity index (χ3n) is 2.81. The molecule has 6 atom stereocenters. The number of aliphatic hydroxyl groups excluding tert-OH is 4. The predicted molar refractivity (Wildman–Crippen MR) is 50.6 cm³/mol. The molecule has 5 N–H and O–H groups in total. The van der Waals surface area contributed by atoms with Crippen LogP contribution in [0.4, 0.5) is 0 Å². The van der Waals surface area contributed by atoms with Gasteiger partial charge in [-0.2, -0.15) is 0 Å². The van der Waals surface area contributed by atoms with Crippen LogP contribution in [-0.2, 0) is 9.53 Å². The van der Waals surface area contributed by atoms with E-state index in [0.29, 0.717) is 0 Å². The second-order valence-electron chi connectivity index (χ2n) is 3.92. The Bertz CT molecular complexity index is 254. The number of carboxylic acid groups (broad SMARTS) is 1. The molecule has 0 aliphatic carbocycles. The Morgan fingerprint density at radius 1 is 1.25 bits per heavy atom. The van der Waals surface area contributed by atoms with Gasteiger partial charge in [-0.15, -0.1) is 0 Å². The molecule has 0 aromatic heterocycles. The van der Waals surface area contributed by atoms with Crippen LogP contribution in [0.3, 0.4) is 0 Å². The summed E-state index contributed by atoms with van der Waals surface area (Å²) >= 11 is 0. The Labute approximate surface area is 91.9 Å². The average Bonchev–Trinajstić information content (AvgIpc) is 2.25. The molecule has 7 nitrogen and oxygen atoms in total. The lowest BCUT2D eigenvalue weighted by Crippen LogP contribution is -2.60. The maximum absolute atomic E-state index is 10.7. The van der Waals surface area contributed by atoms with Crippen LogP contribution in [0, 0.1) is 5.92 Å². The number of ether oxygens (including phenoxy) is 1. The van der Waals surface area contributed by atoms with Crippen LogP contribution >= 0.6 is 0 Å². The van der Waals surface area contributed by atoms with Crippen molar-refractivity contribution >= 4 is 5.97 Å². The number of carboxylic acids is 1. The van der Waals surface area contributed by atoms with Crippen LogP contribution in [0.15, 0.2) is 0 Å². The summed E-state index contributed by atoms with van der Waals surface area (Å²) in [7, 11) is 0. The summed E-state index contributed by atoms with van der Waals surface area (Å²) in [6, 6.07) is 0. The predicted octanol–water partition coefficient (Wildman–Crippen LogP) is -2.45. The molecule has 1 rings (SSSR count). The second kappa shape index (κ2) is 5.07. The molecule has 94 valence electrons. The number of carbonyl (C=O) groups is 1. The molecular weight excluding hydrogens is 220 g/mol. The van der Waals surface area contributed by atoms with E-state index in [1.807, 2.05) is 0 Å². The third-order valence-corrected chi connectivity index (χ3v) is 2.81. The number of aliphatic hydroxyl groups is 4. The van der Waals surface area contributed by atoms with Crippen molar-refractivity contribution in [1.82, 2.24) is 0 Å². The molecule has 7 heteroatoms. The SMILES string of the molecule is C[C@H](C(=O)O)[C@@H]1O[C@H](CO)[C@@H](O)[C@H](O)[C@H]1O. The van der Waals surface area contributed by atoms with Gasteiger partial charge in [0.25, 0.3) is 0 Å². The van der Waals surface area contributed by atoms with Gasteiger partial charge in [-0.25, -0.2) is 0 Å². The van der Waals surface area contributed by atoms with Crippen molar-refractivity contribution in [1.29, 1.82) is 0 Å². The average molecular weight is 236 g/mol. The summed E-state index contributed by atoms with van der Waals surface area (Å²) in [5.74, 6) is -2.24. The van der Waals surface area contributed by atoms with Crippen LogP contribution in [0.5, 0.6) is 0 Å². The molecule has 0 aromatic rings. The maximum Gasteiger partial charge on any atom is 0.308 e. The molecule has 0 aromatic carbocycles. The fraction of sp³-hybridized carbons (Fsp3) is 0.889. The molecule has 1 saturated heterocycles. The molecule has 0 amide bonds. The molecule has 16 heavy (non-hydrogen) atoms. The van der Waals surface area contributed by atoms with Crippen molar-refractivity contribution in [2.75, 3.05) is 6.61 Å². The van der Waals surface area contributed by atoms with Crippen LogP contribution < -0.4 is 0 Å². The van der Waals surface area contributed by atoms with Crippen LogP contribution in [0.2, 0.25) is 0 Å². The Morgan fingerprint density at radius 2 is 1.81 bits per heavy atom. The van der Waals surface area contributed by atoms with Crippen LogP contribution in [0.1, 0.15) is 6.92 Å². The molecular formula is C9H16O7. The first-order chi connectivity index (χ1) is 7.40. The summed E-state index contributed by atoms with van der Waals surface area (Å²) in [5, 5.41) is 46.1. The molecule has 1 heterocycles. The topological polar surface area (TPSA) is 127 Å². The summed E-state index contributed by atoms with van der Waals surface area (Å²) in [6.45, 7) is 0.753. The van der Waals surface area contributed by atoms with Gasteiger partial charge in [-0.05, 0) is 6.92 Å². The summed E-state index contributed by atoms with van der Waals surface area (Å²) in [5.41, 5.74) is 0. The summed E-state index contributed by atoms with van der Waals surface area (Å²) in [6.07, 6.45) is -6.71. The highest BCUT2D eigenvalue weighted by atomic mass is 16.5. The van der Waals surface area contributed by atoms with Crippen molar-refractivity contribution in [3.63, 3.8) is 0 Å². The van der Waals surface area contributed by atoms with E-state index in [0.717, 1.165) is 0 Å². The van der Waals surface area contributed by atoms with E-state index in [9.17, 15) is 20.1 Å². The monoisotopic (exact) mass is 236 g/mol. The first-order valence-corrected chi connectivity index (χ1v) is 4.93. The summed E-state index contributed by atoms with van der Waals surface area (Å²) < 4.78 is 5.06. The van der Waals surface area contributed by atoms with Crippen LogP contribution in [0.25, 0.3) is 0 Å². The Kier molecular flexibility index (Phi) is 4.22. The van der Waals surface area contributed by atoms with E-state index >= 15 is 0 Å². The zero-order chi connectivity index (χ0) is 12.5. The van der Waals surface area contributed by atoms with Crippen molar-refractivity contribution < 1.29 is 35.1 Å². The number of hydrogen-bond acceptors (Lipinski definition) is 6. The van der Waals surface area contributed by atoms with Crippen molar-refractivity contribution in [3.8, 4) is 0 Å². The maximum atomic E-state index is 10.7. The largest absolute Gasteiger partial charge is 0.481 e. The van der Waals surface area contributed by atoms with Gasteiger partial charge in [0, 0.05) is 0 Å². The molecule has 0 bridgehead atoms. The minimum absolute atomic E-state index is 0.562. The van der Waals surface area contributed by atoms with Crippen molar-refractivity contribution in [3.05, 3.63) is 0 Å². The van der Waals surface area contributed by atoms with Crippen LogP contribution in [-0.4, -0.2) is 68.6 Å². The Hall–Kier alpha value is -0.730. The number of aliphatic carboxylic acids is 1. The summed E-state index contributed by atoms with van der Waals surface area (Å²) in [4.78, 5) is 10.7. The standard InChI is InChI=1S/C9H16O7/c1-3(9(14)15)8-7(13)6(12)5(11)4(2-10)16-8/h3-8,10-13H,2H2,1H3,(H,14,15)/t3-,4+,5+,6-,7+,8-/m0/s1. The molecule has 1 aliphatic heterocycles. The van der Waals surface area contributed by atoms with Gasteiger partial charge >= 0.3 is 5.97 Å². The molecule has 0 spiro atoms. The highest BCUT2D eigenvalue weighted by Crippen LogP contribution is 2.25. The third kappa shape index (κ3) is 2.33.